The second-order valence-electron chi connectivity index (χ2n) is 4.37. The molecule has 1 atom stereocenters. The fourth-order valence-electron chi connectivity index (χ4n) is 1.81. The Balaban J connectivity index is 2.45. The highest BCUT2D eigenvalue weighted by atomic mass is 35.6. The smallest absolute Gasteiger partial charge is 0.161 e. The van der Waals surface area contributed by atoms with Crippen LogP contribution in [0.5, 0.6) is 0 Å². The predicted molar refractivity (Wildman–Crippen MR) is 72.5 cm³/mol. The van der Waals surface area contributed by atoms with Crippen LogP contribution in [0.1, 0.15) is 32.6 Å². The number of unbranched alkanes of at least 4 members (excludes halogenated alkanes) is 3. The number of hydrogen-bond acceptors (Lipinski definition) is 0. The Bertz CT molecular complexity index is 269. The number of benzene rings is 1. The van der Waals surface area contributed by atoms with Crippen molar-refractivity contribution in [3.05, 3.63) is 30.3 Å². The van der Waals surface area contributed by atoms with Gasteiger partial charge in [-0.2, -0.15) is 11.1 Å². The fourth-order valence-corrected chi connectivity index (χ4v) is 4.68. The molecule has 1 rings (SSSR count). The minimum absolute atomic E-state index is 1.21. The average molecular weight is 241 g/mol. The van der Waals surface area contributed by atoms with Crippen molar-refractivity contribution in [1.82, 2.24) is 0 Å². The molecular formula is C13H21ClSi. The molecule has 84 valence electrons. The molecule has 0 bridgehead atoms. The maximum Gasteiger partial charge on any atom is 0.183 e. The van der Waals surface area contributed by atoms with Crippen LogP contribution in [0.4, 0.5) is 0 Å². The van der Waals surface area contributed by atoms with Gasteiger partial charge in [0.25, 0.3) is 0 Å². The maximum absolute atomic E-state index is 6.68. The Labute approximate surface area is 99.4 Å². The van der Waals surface area contributed by atoms with E-state index < -0.39 is 7.38 Å². The first-order valence-electron chi connectivity index (χ1n) is 5.91. The molecule has 0 aliphatic rings. The zero-order valence-electron chi connectivity index (χ0n) is 9.80. The lowest BCUT2D eigenvalue weighted by Crippen LogP contribution is -2.38. The molecular weight excluding hydrogens is 220 g/mol. The SMILES string of the molecule is CCCCCC[Si](C)(Cl)c1ccccc1. The van der Waals surface area contributed by atoms with Crippen LogP contribution in [0, 0.1) is 0 Å². The Kier molecular flexibility index (Phi) is 5.41. The van der Waals surface area contributed by atoms with Gasteiger partial charge in [0, 0.05) is 0 Å². The molecule has 15 heavy (non-hydrogen) atoms. The van der Waals surface area contributed by atoms with Gasteiger partial charge < -0.3 is 0 Å². The van der Waals surface area contributed by atoms with Crippen LogP contribution in [-0.4, -0.2) is 7.38 Å². The topological polar surface area (TPSA) is 0 Å². The van der Waals surface area contributed by atoms with Gasteiger partial charge in [-0.25, -0.2) is 0 Å². The average Bonchev–Trinajstić information content (AvgIpc) is 2.26. The zero-order chi connectivity index (χ0) is 11.1. The van der Waals surface area contributed by atoms with Crippen LogP contribution < -0.4 is 5.19 Å². The Morgan fingerprint density at radius 1 is 1.07 bits per heavy atom. The minimum atomic E-state index is -1.66. The Morgan fingerprint density at radius 2 is 1.73 bits per heavy atom. The molecule has 2 heteroatoms. The summed E-state index contributed by atoms with van der Waals surface area (Å²) in [6.45, 7) is 4.50. The standard InChI is InChI=1S/C13H21ClSi/c1-3-4-5-9-12-15(2,14)13-10-7-6-8-11-13/h6-8,10-11H,3-5,9,12H2,1-2H3. The van der Waals surface area contributed by atoms with Crippen LogP contribution in [-0.2, 0) is 0 Å². The second-order valence-corrected chi connectivity index (χ2v) is 10.3. The van der Waals surface area contributed by atoms with Gasteiger partial charge >= 0.3 is 0 Å². The molecule has 0 aromatic heterocycles. The molecule has 0 saturated heterocycles. The summed E-state index contributed by atoms with van der Waals surface area (Å²) >= 11 is 6.68. The number of rotatable bonds is 6. The summed E-state index contributed by atoms with van der Waals surface area (Å²) < 4.78 is 0. The molecule has 1 unspecified atom stereocenters. The van der Waals surface area contributed by atoms with Crippen molar-refractivity contribution in [3.63, 3.8) is 0 Å². The van der Waals surface area contributed by atoms with Gasteiger partial charge in [-0.1, -0.05) is 69.5 Å². The summed E-state index contributed by atoms with van der Waals surface area (Å²) in [6.07, 6.45) is 5.26. The molecule has 0 saturated carbocycles. The van der Waals surface area contributed by atoms with Crippen LogP contribution in [0.3, 0.4) is 0 Å². The highest BCUT2D eigenvalue weighted by molar-refractivity contribution is 7.26. The van der Waals surface area contributed by atoms with Crippen LogP contribution in [0.25, 0.3) is 0 Å². The van der Waals surface area contributed by atoms with E-state index >= 15 is 0 Å². The van der Waals surface area contributed by atoms with E-state index in [1.807, 2.05) is 0 Å². The first kappa shape index (κ1) is 12.8. The van der Waals surface area contributed by atoms with Crippen molar-refractivity contribution in [2.24, 2.45) is 0 Å². The number of halogens is 1. The summed E-state index contributed by atoms with van der Waals surface area (Å²) in [7, 11) is -1.66. The highest BCUT2D eigenvalue weighted by Gasteiger charge is 2.25. The summed E-state index contributed by atoms with van der Waals surface area (Å²) in [5.74, 6) is 0. The third-order valence-electron chi connectivity index (χ3n) is 2.88. The molecule has 1 aromatic rings. The molecule has 0 N–H and O–H groups in total. The predicted octanol–water partition coefficient (Wildman–Crippen LogP) is 4.29. The van der Waals surface area contributed by atoms with E-state index in [9.17, 15) is 0 Å². The van der Waals surface area contributed by atoms with Gasteiger partial charge in [-0.05, 0) is 11.2 Å². The van der Waals surface area contributed by atoms with E-state index in [0.717, 1.165) is 0 Å². The summed E-state index contributed by atoms with van der Waals surface area (Å²) in [5, 5.41) is 1.38. The van der Waals surface area contributed by atoms with Gasteiger partial charge in [0.05, 0.1) is 0 Å². The van der Waals surface area contributed by atoms with E-state index in [1.165, 1.54) is 36.9 Å². The minimum Gasteiger partial charge on any atom is -0.161 e. The van der Waals surface area contributed by atoms with Gasteiger partial charge in [-0.15, -0.1) is 0 Å². The third kappa shape index (κ3) is 4.39. The molecule has 0 nitrogen and oxygen atoms in total. The van der Waals surface area contributed by atoms with Crippen LogP contribution in [0.15, 0.2) is 30.3 Å². The van der Waals surface area contributed by atoms with Gasteiger partial charge in [0.2, 0.25) is 0 Å². The molecule has 0 amide bonds. The van der Waals surface area contributed by atoms with E-state index in [-0.39, 0.29) is 0 Å². The summed E-state index contributed by atoms with van der Waals surface area (Å²) in [4.78, 5) is 0. The van der Waals surface area contributed by atoms with Crippen molar-refractivity contribution in [1.29, 1.82) is 0 Å². The molecule has 0 spiro atoms. The second kappa shape index (κ2) is 6.34. The van der Waals surface area contributed by atoms with Gasteiger partial charge in [0.1, 0.15) is 0 Å². The van der Waals surface area contributed by atoms with Crippen LogP contribution >= 0.6 is 11.1 Å². The van der Waals surface area contributed by atoms with Crippen molar-refractivity contribution in [3.8, 4) is 0 Å². The Morgan fingerprint density at radius 3 is 2.33 bits per heavy atom. The molecule has 0 radical (unpaired) electrons. The lowest BCUT2D eigenvalue weighted by atomic mass is 10.2. The molecule has 0 aliphatic heterocycles. The van der Waals surface area contributed by atoms with Gasteiger partial charge in [0.15, 0.2) is 7.38 Å². The zero-order valence-corrected chi connectivity index (χ0v) is 11.6. The van der Waals surface area contributed by atoms with E-state index in [4.69, 9.17) is 11.1 Å². The molecule has 0 heterocycles. The highest BCUT2D eigenvalue weighted by Crippen LogP contribution is 2.19. The lowest BCUT2D eigenvalue weighted by molar-refractivity contribution is 0.699. The first-order valence-corrected chi connectivity index (χ1v) is 9.63. The fraction of sp³-hybridized carbons (Fsp3) is 0.538. The molecule has 1 aromatic carbocycles. The van der Waals surface area contributed by atoms with E-state index in [1.54, 1.807) is 0 Å². The summed E-state index contributed by atoms with van der Waals surface area (Å²) in [6, 6.07) is 11.8. The van der Waals surface area contributed by atoms with Crippen molar-refractivity contribution >= 4 is 23.6 Å². The van der Waals surface area contributed by atoms with Gasteiger partial charge in [-0.3, -0.25) is 0 Å². The monoisotopic (exact) mass is 240 g/mol. The third-order valence-corrected chi connectivity index (χ3v) is 6.93. The maximum atomic E-state index is 6.68. The first-order chi connectivity index (χ1) is 7.17. The molecule has 0 fully saturated rings. The summed E-state index contributed by atoms with van der Waals surface area (Å²) in [5.41, 5.74) is 0. The Hall–Kier alpha value is -0.273. The molecule has 0 aliphatic carbocycles. The van der Waals surface area contributed by atoms with Crippen LogP contribution in [0.2, 0.25) is 12.6 Å². The van der Waals surface area contributed by atoms with Crippen molar-refractivity contribution < 1.29 is 0 Å². The normalized spacial score (nSPS) is 14.9. The lowest BCUT2D eigenvalue weighted by Gasteiger charge is -2.19. The largest absolute Gasteiger partial charge is 0.183 e. The van der Waals surface area contributed by atoms with E-state index in [2.05, 4.69) is 43.8 Å². The van der Waals surface area contributed by atoms with Crippen molar-refractivity contribution in [2.75, 3.05) is 0 Å². The number of hydrogen-bond donors (Lipinski definition) is 0. The quantitative estimate of drug-likeness (QED) is 0.395. The van der Waals surface area contributed by atoms with E-state index in [0.29, 0.717) is 0 Å². The van der Waals surface area contributed by atoms with Crippen molar-refractivity contribution in [2.45, 2.75) is 45.2 Å².